The molecule has 0 radical (unpaired) electrons. The molecule has 2 aliphatic rings. The zero-order chi connectivity index (χ0) is 13.6. The van der Waals surface area contributed by atoms with Crippen molar-refractivity contribution in [3.05, 3.63) is 23.7 Å². The van der Waals surface area contributed by atoms with E-state index < -0.39 is 10.0 Å². The van der Waals surface area contributed by atoms with Crippen LogP contribution in [0.5, 0.6) is 0 Å². The highest BCUT2D eigenvalue weighted by atomic mass is 32.2. The highest BCUT2D eigenvalue weighted by Gasteiger charge is 2.45. The van der Waals surface area contributed by atoms with E-state index in [4.69, 9.17) is 4.42 Å². The Morgan fingerprint density at radius 3 is 2.63 bits per heavy atom. The highest BCUT2D eigenvalue weighted by molar-refractivity contribution is 7.88. The van der Waals surface area contributed by atoms with Crippen molar-refractivity contribution in [2.45, 2.75) is 38.4 Å². The number of nitrogens with zero attached hydrogens (tertiary/aromatic N) is 2. The van der Waals surface area contributed by atoms with E-state index in [9.17, 15) is 8.42 Å². The maximum atomic E-state index is 11.7. The minimum atomic E-state index is -3.07. The Balaban J connectivity index is 1.72. The monoisotopic (exact) mass is 284 g/mol. The lowest BCUT2D eigenvalue weighted by atomic mass is 10.1. The first-order valence-corrected chi connectivity index (χ1v) is 8.56. The van der Waals surface area contributed by atoms with Crippen molar-refractivity contribution in [3.63, 3.8) is 0 Å². The molecule has 2 aliphatic heterocycles. The van der Waals surface area contributed by atoms with Crippen molar-refractivity contribution in [3.8, 4) is 0 Å². The van der Waals surface area contributed by atoms with Gasteiger partial charge >= 0.3 is 0 Å². The summed E-state index contributed by atoms with van der Waals surface area (Å²) in [5.74, 6) is 1.89. The lowest BCUT2D eigenvalue weighted by molar-refractivity contribution is 0.220. The molecule has 0 unspecified atom stereocenters. The quantitative estimate of drug-likeness (QED) is 0.837. The van der Waals surface area contributed by atoms with Crippen molar-refractivity contribution in [1.82, 2.24) is 9.21 Å². The maximum absolute atomic E-state index is 11.7. The fourth-order valence-electron chi connectivity index (χ4n) is 3.41. The van der Waals surface area contributed by atoms with Crippen LogP contribution in [0, 0.1) is 6.92 Å². The van der Waals surface area contributed by atoms with Crippen LogP contribution >= 0.6 is 0 Å². The second-order valence-corrected chi connectivity index (χ2v) is 7.50. The van der Waals surface area contributed by atoms with Gasteiger partial charge in [-0.05, 0) is 31.9 Å². The van der Waals surface area contributed by atoms with Crippen LogP contribution in [-0.2, 0) is 16.6 Å². The average molecular weight is 284 g/mol. The van der Waals surface area contributed by atoms with Crippen LogP contribution in [0.4, 0.5) is 0 Å². The van der Waals surface area contributed by atoms with E-state index in [0.29, 0.717) is 12.6 Å². The van der Waals surface area contributed by atoms with Crippen LogP contribution in [0.1, 0.15) is 24.4 Å². The average Bonchev–Trinajstić information content (AvgIpc) is 2.95. The molecule has 2 fully saturated rings. The van der Waals surface area contributed by atoms with Crippen LogP contribution in [0.2, 0.25) is 0 Å². The van der Waals surface area contributed by atoms with Gasteiger partial charge in [-0.25, -0.2) is 8.42 Å². The van der Waals surface area contributed by atoms with E-state index in [-0.39, 0.29) is 6.04 Å². The molecule has 5 nitrogen and oxygen atoms in total. The summed E-state index contributed by atoms with van der Waals surface area (Å²) < 4.78 is 30.8. The summed E-state index contributed by atoms with van der Waals surface area (Å²) in [6, 6.07) is 4.48. The van der Waals surface area contributed by atoms with E-state index >= 15 is 0 Å². The van der Waals surface area contributed by atoms with Gasteiger partial charge in [-0.2, -0.15) is 4.31 Å². The fraction of sp³-hybridized carbons (Fsp3) is 0.692. The molecule has 2 atom stereocenters. The first-order valence-electron chi connectivity index (χ1n) is 6.71. The van der Waals surface area contributed by atoms with Crippen LogP contribution < -0.4 is 0 Å². The van der Waals surface area contributed by atoms with Crippen molar-refractivity contribution in [2.75, 3.05) is 19.3 Å². The van der Waals surface area contributed by atoms with E-state index in [1.54, 1.807) is 4.31 Å². The predicted molar refractivity (Wildman–Crippen MR) is 72.2 cm³/mol. The Bertz CT molecular complexity index is 566. The van der Waals surface area contributed by atoms with Gasteiger partial charge in [-0.3, -0.25) is 4.90 Å². The van der Waals surface area contributed by atoms with Gasteiger partial charge in [0, 0.05) is 25.2 Å². The van der Waals surface area contributed by atoms with Gasteiger partial charge in [0.15, 0.2) is 0 Å². The fourth-order valence-corrected chi connectivity index (χ4v) is 4.59. The summed E-state index contributed by atoms with van der Waals surface area (Å²) in [4.78, 5) is 2.36. The normalized spacial score (nSPS) is 28.9. The number of hydrogen-bond acceptors (Lipinski definition) is 4. The minimum absolute atomic E-state index is 0.158. The molecule has 0 N–H and O–H groups in total. The van der Waals surface area contributed by atoms with Crippen molar-refractivity contribution < 1.29 is 12.8 Å². The van der Waals surface area contributed by atoms with Gasteiger partial charge in [-0.15, -0.1) is 0 Å². The summed E-state index contributed by atoms with van der Waals surface area (Å²) in [6.45, 7) is 4.33. The summed E-state index contributed by atoms with van der Waals surface area (Å²) in [7, 11) is -3.07. The number of aryl methyl sites for hydroxylation is 1. The molecule has 1 aromatic rings. The molecular weight excluding hydrogens is 264 g/mol. The first-order chi connectivity index (χ1) is 8.95. The van der Waals surface area contributed by atoms with E-state index in [1.807, 2.05) is 19.1 Å². The third-order valence-corrected chi connectivity index (χ3v) is 5.53. The molecule has 2 saturated heterocycles. The number of sulfonamides is 1. The lowest BCUT2D eigenvalue weighted by Crippen LogP contribution is -2.38. The highest BCUT2D eigenvalue weighted by Crippen LogP contribution is 2.34. The van der Waals surface area contributed by atoms with Gasteiger partial charge in [-0.1, -0.05) is 0 Å². The van der Waals surface area contributed by atoms with Crippen molar-refractivity contribution in [1.29, 1.82) is 0 Å². The van der Waals surface area contributed by atoms with Crippen molar-refractivity contribution in [2.24, 2.45) is 0 Å². The molecule has 0 aromatic carbocycles. The lowest BCUT2D eigenvalue weighted by Gasteiger charge is -2.23. The Morgan fingerprint density at radius 2 is 2.00 bits per heavy atom. The summed E-state index contributed by atoms with van der Waals surface area (Å²) in [5, 5.41) is 0. The van der Waals surface area contributed by atoms with Crippen molar-refractivity contribution >= 4 is 10.0 Å². The Hall–Kier alpha value is -0.850. The molecule has 0 bridgehead atoms. The predicted octanol–water partition coefficient (Wildman–Crippen LogP) is 1.20. The molecule has 0 saturated carbocycles. The van der Waals surface area contributed by atoms with Crippen LogP contribution in [0.25, 0.3) is 0 Å². The van der Waals surface area contributed by atoms with E-state index in [1.165, 1.54) is 6.26 Å². The minimum Gasteiger partial charge on any atom is -0.465 e. The second-order valence-electron chi connectivity index (χ2n) is 5.57. The van der Waals surface area contributed by atoms with Gasteiger partial charge in [0.1, 0.15) is 11.5 Å². The topological polar surface area (TPSA) is 53.8 Å². The van der Waals surface area contributed by atoms with Crippen LogP contribution in [0.3, 0.4) is 0 Å². The van der Waals surface area contributed by atoms with Gasteiger partial charge in [0.25, 0.3) is 0 Å². The van der Waals surface area contributed by atoms with Gasteiger partial charge < -0.3 is 4.42 Å². The molecule has 3 heterocycles. The second kappa shape index (κ2) is 4.61. The molecule has 3 rings (SSSR count). The molecule has 1 aromatic heterocycles. The molecule has 6 heteroatoms. The summed E-state index contributed by atoms with van der Waals surface area (Å²) >= 11 is 0. The van der Waals surface area contributed by atoms with E-state index in [0.717, 1.165) is 37.5 Å². The Kier molecular flexibility index (Phi) is 3.19. The smallest absolute Gasteiger partial charge is 0.211 e. The standard InChI is InChI=1S/C13H20N2O3S/c1-10-3-4-11(18-10)9-14-7-5-13-12(14)6-8-15(13)19(2,16)17/h3-4,12-13H,5-9H2,1-2H3/t12-,13+/m0/s1. The molecule has 106 valence electrons. The summed E-state index contributed by atoms with van der Waals surface area (Å²) in [5.41, 5.74) is 0. The Labute approximate surface area is 114 Å². The molecule has 19 heavy (non-hydrogen) atoms. The number of rotatable bonds is 3. The molecule has 0 amide bonds. The van der Waals surface area contributed by atoms with Gasteiger partial charge in [0.2, 0.25) is 10.0 Å². The molecule has 0 aliphatic carbocycles. The SMILES string of the molecule is Cc1ccc(CN2CC[C@@H]3[C@@H]2CCN3S(C)(=O)=O)o1. The third-order valence-electron chi connectivity index (χ3n) is 4.22. The zero-order valence-electron chi connectivity index (χ0n) is 11.4. The largest absolute Gasteiger partial charge is 0.465 e. The zero-order valence-corrected chi connectivity index (χ0v) is 12.2. The molecule has 0 spiro atoms. The molecular formula is C13H20N2O3S. The number of furan rings is 1. The maximum Gasteiger partial charge on any atom is 0.211 e. The van der Waals surface area contributed by atoms with Crippen LogP contribution in [0.15, 0.2) is 16.5 Å². The van der Waals surface area contributed by atoms with Crippen LogP contribution in [-0.4, -0.2) is 49.1 Å². The third kappa shape index (κ3) is 2.44. The van der Waals surface area contributed by atoms with Gasteiger partial charge in [0.05, 0.1) is 12.8 Å². The van der Waals surface area contributed by atoms with E-state index in [2.05, 4.69) is 4.90 Å². The first kappa shape index (κ1) is 13.1. The number of hydrogen-bond donors (Lipinski definition) is 0. The number of fused-ring (bicyclic) bond motifs is 1. The number of likely N-dealkylation sites (tertiary alicyclic amines) is 1. The Morgan fingerprint density at radius 1 is 1.26 bits per heavy atom. The summed E-state index contributed by atoms with van der Waals surface area (Å²) in [6.07, 6.45) is 3.17.